The number of allylic oxidation sites excluding steroid dienone is 8. The van der Waals surface area contributed by atoms with E-state index in [0.29, 0.717) is 5.41 Å². The maximum absolute atomic E-state index is 2.61. The van der Waals surface area contributed by atoms with Crippen LogP contribution in [0, 0.1) is 5.41 Å². The van der Waals surface area contributed by atoms with Gasteiger partial charge in [0.2, 0.25) is 0 Å². The molecule has 3 rings (SSSR count). The van der Waals surface area contributed by atoms with Crippen LogP contribution < -0.4 is 24.8 Å². The van der Waals surface area contributed by atoms with E-state index in [1.165, 1.54) is 25.7 Å². The fraction of sp³-hybridized carbons (Fsp3) is 0.636. The van der Waals surface area contributed by atoms with Gasteiger partial charge in [0.1, 0.15) is 0 Å². The number of halogens is 2. The van der Waals surface area contributed by atoms with Gasteiger partial charge in [0.15, 0.2) is 0 Å². The molecule has 0 atom stereocenters. The Kier molecular flexibility index (Phi) is 8.93. The van der Waals surface area contributed by atoms with Gasteiger partial charge >= 0.3 is 162 Å². The normalized spacial score (nSPS) is 22.8. The van der Waals surface area contributed by atoms with E-state index in [1.807, 2.05) is 11.9 Å². The first-order valence-electron chi connectivity index (χ1n) is 9.90. The molecule has 0 unspecified atom stereocenters. The van der Waals surface area contributed by atoms with Crippen LogP contribution in [0.1, 0.15) is 67.2 Å². The van der Waals surface area contributed by atoms with Crippen LogP contribution in [0.15, 0.2) is 40.7 Å². The van der Waals surface area contributed by atoms with Crippen molar-refractivity contribution < 1.29 is 47.7 Å². The Morgan fingerprint density at radius 2 is 1.73 bits per heavy atom. The van der Waals surface area contributed by atoms with Crippen molar-refractivity contribution in [3.8, 4) is 0 Å². The summed E-state index contributed by atoms with van der Waals surface area (Å²) in [4.78, 5) is 0. The van der Waals surface area contributed by atoms with Gasteiger partial charge < -0.3 is 24.8 Å². The molecule has 0 amide bonds. The third-order valence-electron chi connectivity index (χ3n) is 7.16. The first kappa shape index (κ1) is 24.7. The zero-order valence-corrected chi connectivity index (χ0v) is 23.5. The molecule has 26 heavy (non-hydrogen) atoms. The zero-order valence-electron chi connectivity index (χ0n) is 17.4. The molecule has 0 N–H and O–H groups in total. The summed E-state index contributed by atoms with van der Waals surface area (Å²) in [6.45, 7) is 14.5. The molecule has 0 saturated carbocycles. The predicted octanol–water partition coefficient (Wildman–Crippen LogP) is 1.13. The van der Waals surface area contributed by atoms with Gasteiger partial charge in [-0.1, -0.05) is 0 Å². The van der Waals surface area contributed by atoms with Crippen LogP contribution in [0.5, 0.6) is 0 Å². The van der Waals surface area contributed by atoms with Crippen LogP contribution in [-0.2, 0) is 22.9 Å². The molecule has 0 aromatic rings. The van der Waals surface area contributed by atoms with Crippen molar-refractivity contribution in [1.82, 2.24) is 0 Å². The number of hydrogen-bond acceptors (Lipinski definition) is 0. The molecule has 0 bridgehead atoms. The van der Waals surface area contributed by atoms with Gasteiger partial charge in [0, 0.05) is 0 Å². The summed E-state index contributed by atoms with van der Waals surface area (Å²) in [5, 5.41) is 1.96. The Morgan fingerprint density at radius 3 is 2.19 bits per heavy atom. The molecular formula is C22H34Cl2HfSi. The van der Waals surface area contributed by atoms with Gasteiger partial charge in [-0.15, -0.1) is 0 Å². The molecule has 0 spiro atoms. The van der Waals surface area contributed by atoms with Crippen molar-refractivity contribution in [2.45, 2.75) is 85.4 Å². The van der Waals surface area contributed by atoms with Crippen molar-refractivity contribution in [2.24, 2.45) is 5.41 Å². The maximum atomic E-state index is 2.61. The number of rotatable bonds is 6. The van der Waals surface area contributed by atoms with Crippen LogP contribution in [0.2, 0.25) is 18.1 Å². The zero-order chi connectivity index (χ0) is 17.5. The summed E-state index contributed by atoms with van der Waals surface area (Å²) in [7, 11) is -1.06. The Hall–Kier alpha value is 0.627. The molecule has 0 radical (unpaired) electrons. The molecule has 1 aliphatic heterocycles. The van der Waals surface area contributed by atoms with Crippen LogP contribution in [0.25, 0.3) is 0 Å². The van der Waals surface area contributed by atoms with E-state index in [9.17, 15) is 0 Å². The molecule has 1 heterocycles. The van der Waals surface area contributed by atoms with E-state index < -0.39 is 31.0 Å². The smallest absolute Gasteiger partial charge is 1.00 e. The summed E-state index contributed by atoms with van der Waals surface area (Å²) in [5.41, 5.74) is 5.24. The van der Waals surface area contributed by atoms with E-state index in [2.05, 4.69) is 53.7 Å². The van der Waals surface area contributed by atoms with Crippen molar-refractivity contribution >= 4 is 8.07 Å². The van der Waals surface area contributed by atoms with Gasteiger partial charge in [-0.25, -0.2) is 0 Å². The van der Waals surface area contributed by atoms with Gasteiger partial charge in [0.05, 0.1) is 0 Å². The number of unbranched alkanes of at least 4 members (excludes halogenated alkanes) is 1. The first-order valence-corrected chi connectivity index (χ1v) is 16.1. The van der Waals surface area contributed by atoms with Gasteiger partial charge in [-0.2, -0.15) is 0 Å². The van der Waals surface area contributed by atoms with Gasteiger partial charge in [-0.3, -0.25) is 0 Å². The Labute approximate surface area is 186 Å². The minimum absolute atomic E-state index is 0. The second kappa shape index (κ2) is 9.42. The molecule has 1 saturated heterocycles. The van der Waals surface area contributed by atoms with Crippen molar-refractivity contribution in [3.63, 3.8) is 0 Å². The standard InChI is InChI=1S/C12H19Si.C10H15.2ClH.Hf/c1-2-3-9-13(10-6-11-13)12-7-4-5-8-12;1-7-6-10(4,5)9(3)8(7)2;;;/h4,7H,2-3,5-6,9-11H2,1H3;1-5H3;2*1H;/q;;;;+2/p-2. The summed E-state index contributed by atoms with van der Waals surface area (Å²) >= 11 is -0.895. The van der Waals surface area contributed by atoms with E-state index in [1.54, 1.807) is 34.9 Å². The molecule has 0 aromatic carbocycles. The average molecular weight is 576 g/mol. The fourth-order valence-electron chi connectivity index (χ4n) is 4.89. The minimum atomic E-state index is -1.06. The average Bonchev–Trinajstić information content (AvgIpc) is 3.02. The van der Waals surface area contributed by atoms with Crippen LogP contribution >= 0.6 is 0 Å². The topological polar surface area (TPSA) is 0 Å². The summed E-state index contributed by atoms with van der Waals surface area (Å²) in [6, 6.07) is 4.77. The van der Waals surface area contributed by atoms with Crippen LogP contribution in [-0.4, -0.2) is 8.07 Å². The summed E-state index contributed by atoms with van der Waals surface area (Å²) in [6.07, 6.45) is 10.8. The fourth-order valence-corrected chi connectivity index (χ4v) is 18.8. The van der Waals surface area contributed by atoms with Gasteiger partial charge in [0.25, 0.3) is 0 Å². The van der Waals surface area contributed by atoms with Crippen LogP contribution in [0.4, 0.5) is 0 Å². The minimum Gasteiger partial charge on any atom is -1.00 e. The summed E-state index contributed by atoms with van der Waals surface area (Å²) < 4.78 is 3.88. The van der Waals surface area contributed by atoms with E-state index in [4.69, 9.17) is 0 Å². The Morgan fingerprint density at radius 1 is 1.08 bits per heavy atom. The molecular weight excluding hydrogens is 542 g/mol. The third kappa shape index (κ3) is 4.14. The monoisotopic (exact) mass is 576 g/mol. The van der Waals surface area contributed by atoms with E-state index in [0.717, 1.165) is 0 Å². The van der Waals surface area contributed by atoms with Crippen LogP contribution in [0.3, 0.4) is 0 Å². The molecule has 4 heteroatoms. The Balaban J connectivity index is 0.00000169. The van der Waals surface area contributed by atoms with Crippen molar-refractivity contribution in [1.29, 1.82) is 0 Å². The molecule has 144 valence electrons. The largest absolute Gasteiger partial charge is 1.00 e. The third-order valence-corrected chi connectivity index (χ3v) is 20.9. The van der Waals surface area contributed by atoms with Gasteiger partial charge in [-0.05, 0) is 0 Å². The maximum Gasteiger partial charge on any atom is -1.00 e. The van der Waals surface area contributed by atoms with Crippen molar-refractivity contribution in [2.75, 3.05) is 0 Å². The molecule has 0 aromatic heterocycles. The molecule has 3 aliphatic rings. The Bertz CT molecular complexity index is 664. The second-order valence-electron chi connectivity index (χ2n) is 8.74. The SMILES string of the molecule is CCCC[Si]1(C2=[C]([Hf+2][C]3=C(C)C(C)=C(C)C3(C)C)CC=C2)CCC1.[Cl-].[Cl-]. The quantitative estimate of drug-likeness (QED) is 0.417. The van der Waals surface area contributed by atoms with E-state index >= 15 is 0 Å². The van der Waals surface area contributed by atoms with E-state index in [-0.39, 0.29) is 24.8 Å². The van der Waals surface area contributed by atoms with Crippen molar-refractivity contribution in [3.05, 3.63) is 40.7 Å². The second-order valence-corrected chi connectivity index (χ2v) is 18.2. The predicted molar refractivity (Wildman–Crippen MR) is 105 cm³/mol. The molecule has 1 fully saturated rings. The number of hydrogen-bond donors (Lipinski definition) is 0. The molecule has 2 aliphatic carbocycles. The molecule has 0 nitrogen and oxygen atoms in total. The summed E-state index contributed by atoms with van der Waals surface area (Å²) in [5.74, 6) is 0. The first-order chi connectivity index (χ1) is 11.3.